The van der Waals surface area contributed by atoms with Crippen LogP contribution in [0.1, 0.15) is 18.2 Å². The smallest absolute Gasteiger partial charge is 0.296 e. The summed E-state index contributed by atoms with van der Waals surface area (Å²) in [5.41, 5.74) is 0.745. The molecule has 0 aliphatic carbocycles. The predicted octanol–water partition coefficient (Wildman–Crippen LogP) is 2.60. The van der Waals surface area contributed by atoms with Gasteiger partial charge in [-0.1, -0.05) is 23.4 Å². The van der Waals surface area contributed by atoms with Gasteiger partial charge in [0.1, 0.15) is 11.4 Å². The van der Waals surface area contributed by atoms with Crippen molar-refractivity contribution in [1.82, 2.24) is 14.9 Å². The molecule has 0 atom stereocenters. The Hall–Kier alpha value is -1.86. The highest BCUT2D eigenvalue weighted by atomic mass is 35.5. The van der Waals surface area contributed by atoms with E-state index in [4.69, 9.17) is 16.3 Å². The normalized spacial score (nSPS) is 11.1. The van der Waals surface area contributed by atoms with E-state index in [1.54, 1.807) is 31.5 Å². The quantitative estimate of drug-likeness (QED) is 0.619. The van der Waals surface area contributed by atoms with Crippen LogP contribution in [0.15, 0.2) is 33.3 Å². The number of nitrogens with zero attached hydrogens (tertiary/aromatic N) is 4. The number of aromatic nitrogens is 3. The van der Waals surface area contributed by atoms with Gasteiger partial charge in [0.25, 0.3) is 5.56 Å². The highest BCUT2D eigenvalue weighted by molar-refractivity contribution is 7.98. The number of hydrogen-bond donors (Lipinski definition) is 0. The van der Waals surface area contributed by atoms with Crippen molar-refractivity contribution in [3.63, 3.8) is 0 Å². The maximum absolute atomic E-state index is 12.1. The number of hydrogen-bond acceptors (Lipinski definition) is 6. The molecular weight excluding hydrogens is 324 g/mol. The maximum Gasteiger partial charge on any atom is 0.296 e. The average Bonchev–Trinajstić information content (AvgIpc) is 2.51. The van der Waals surface area contributed by atoms with Gasteiger partial charge >= 0.3 is 0 Å². The molecular formula is C14H15ClN4O2S. The molecule has 116 valence electrons. The Bertz CT molecular complexity index is 761. The molecule has 1 heterocycles. The molecule has 0 spiro atoms. The van der Waals surface area contributed by atoms with Crippen molar-refractivity contribution >= 4 is 29.6 Å². The van der Waals surface area contributed by atoms with E-state index in [2.05, 4.69) is 15.3 Å². The number of halogens is 1. The Balaban J connectivity index is 2.35. The molecule has 8 heteroatoms. The van der Waals surface area contributed by atoms with Gasteiger partial charge in [0.15, 0.2) is 0 Å². The average molecular weight is 339 g/mol. The fourth-order valence-electron chi connectivity index (χ4n) is 1.67. The zero-order valence-corrected chi connectivity index (χ0v) is 14.0. The Morgan fingerprint density at radius 3 is 2.86 bits per heavy atom. The topological polar surface area (TPSA) is 69.4 Å². The summed E-state index contributed by atoms with van der Waals surface area (Å²) in [6, 6.07) is 5.30. The first-order chi connectivity index (χ1) is 10.6. The summed E-state index contributed by atoms with van der Waals surface area (Å²) in [6.45, 7) is 4.03. The van der Waals surface area contributed by atoms with Crippen molar-refractivity contribution < 1.29 is 4.74 Å². The number of benzene rings is 1. The second-order valence-electron chi connectivity index (χ2n) is 4.26. The standard InChI is InChI=1S/C14H15ClN4O2S/c1-4-21-12-6-5-10(7-11(12)15)8-16-19-13(20)9(2)17-18-14(19)22-3/h5-8H,4H2,1-3H3/b16-8-. The second-order valence-corrected chi connectivity index (χ2v) is 5.44. The third kappa shape index (κ3) is 3.66. The highest BCUT2D eigenvalue weighted by Gasteiger charge is 2.07. The van der Waals surface area contributed by atoms with E-state index in [-0.39, 0.29) is 5.56 Å². The summed E-state index contributed by atoms with van der Waals surface area (Å²) in [5.74, 6) is 0.615. The molecule has 0 radical (unpaired) electrons. The molecule has 1 aromatic carbocycles. The van der Waals surface area contributed by atoms with E-state index in [1.807, 2.05) is 13.0 Å². The summed E-state index contributed by atoms with van der Waals surface area (Å²) in [7, 11) is 0. The lowest BCUT2D eigenvalue weighted by Gasteiger charge is -2.06. The molecule has 0 fully saturated rings. The Morgan fingerprint density at radius 2 is 2.23 bits per heavy atom. The minimum Gasteiger partial charge on any atom is -0.492 e. The molecule has 0 bridgehead atoms. The van der Waals surface area contributed by atoms with Gasteiger partial charge in [-0.2, -0.15) is 9.78 Å². The zero-order chi connectivity index (χ0) is 16.1. The highest BCUT2D eigenvalue weighted by Crippen LogP contribution is 2.24. The van der Waals surface area contributed by atoms with Crippen LogP contribution in [0.3, 0.4) is 0 Å². The number of thioether (sulfide) groups is 1. The lowest BCUT2D eigenvalue weighted by Crippen LogP contribution is -2.23. The minimum absolute atomic E-state index is 0.291. The molecule has 0 unspecified atom stereocenters. The van der Waals surface area contributed by atoms with E-state index in [0.717, 1.165) is 5.56 Å². The van der Waals surface area contributed by atoms with Crippen LogP contribution >= 0.6 is 23.4 Å². The Morgan fingerprint density at radius 1 is 1.45 bits per heavy atom. The fraction of sp³-hybridized carbons (Fsp3) is 0.286. The molecule has 0 N–H and O–H groups in total. The van der Waals surface area contributed by atoms with Gasteiger partial charge in [0.05, 0.1) is 17.8 Å². The van der Waals surface area contributed by atoms with E-state index >= 15 is 0 Å². The van der Waals surface area contributed by atoms with Gasteiger partial charge in [-0.05, 0) is 43.9 Å². The lowest BCUT2D eigenvalue weighted by molar-refractivity contribution is 0.340. The van der Waals surface area contributed by atoms with Crippen LogP contribution < -0.4 is 10.3 Å². The number of aryl methyl sites for hydroxylation is 1. The van der Waals surface area contributed by atoms with Crippen molar-refractivity contribution in [2.45, 2.75) is 19.0 Å². The van der Waals surface area contributed by atoms with Gasteiger partial charge < -0.3 is 4.74 Å². The van der Waals surface area contributed by atoms with E-state index in [9.17, 15) is 4.79 Å². The third-order valence-electron chi connectivity index (χ3n) is 2.73. The molecule has 0 aliphatic heterocycles. The number of ether oxygens (including phenoxy) is 1. The molecule has 22 heavy (non-hydrogen) atoms. The Labute approximate surface area is 137 Å². The van der Waals surface area contributed by atoms with Crippen LogP contribution in [0.4, 0.5) is 0 Å². The molecule has 0 saturated heterocycles. The first kappa shape index (κ1) is 16.5. The molecule has 2 rings (SSSR count). The fourth-order valence-corrected chi connectivity index (χ4v) is 2.34. The van der Waals surface area contributed by atoms with Crippen molar-refractivity contribution in [3.05, 3.63) is 44.8 Å². The summed E-state index contributed by atoms with van der Waals surface area (Å²) in [6.07, 6.45) is 3.35. The van der Waals surface area contributed by atoms with Crippen LogP contribution in [-0.4, -0.2) is 34.0 Å². The van der Waals surface area contributed by atoms with Gasteiger partial charge in [-0.15, -0.1) is 10.2 Å². The van der Waals surface area contributed by atoms with Gasteiger partial charge in [-0.3, -0.25) is 4.79 Å². The van der Waals surface area contributed by atoms with Crippen LogP contribution in [0.2, 0.25) is 5.02 Å². The molecule has 0 saturated carbocycles. The van der Waals surface area contributed by atoms with E-state index in [0.29, 0.717) is 28.2 Å². The molecule has 2 aromatic rings. The van der Waals surface area contributed by atoms with Gasteiger partial charge in [0.2, 0.25) is 5.16 Å². The summed E-state index contributed by atoms with van der Waals surface area (Å²) < 4.78 is 6.59. The summed E-state index contributed by atoms with van der Waals surface area (Å²) in [4.78, 5) is 12.1. The first-order valence-corrected chi connectivity index (χ1v) is 8.14. The summed E-state index contributed by atoms with van der Waals surface area (Å²) in [5, 5.41) is 12.8. The largest absolute Gasteiger partial charge is 0.492 e. The minimum atomic E-state index is -0.298. The second kappa shape index (κ2) is 7.42. The third-order valence-corrected chi connectivity index (χ3v) is 3.64. The van der Waals surface area contributed by atoms with E-state index in [1.165, 1.54) is 16.4 Å². The molecule has 0 amide bonds. The van der Waals surface area contributed by atoms with Crippen LogP contribution in [-0.2, 0) is 0 Å². The van der Waals surface area contributed by atoms with E-state index < -0.39 is 0 Å². The number of rotatable bonds is 5. The van der Waals surface area contributed by atoms with Crippen LogP contribution in [0, 0.1) is 6.92 Å². The maximum atomic E-state index is 12.1. The van der Waals surface area contributed by atoms with Crippen LogP contribution in [0.5, 0.6) is 5.75 Å². The lowest BCUT2D eigenvalue weighted by atomic mass is 10.2. The first-order valence-electron chi connectivity index (χ1n) is 6.53. The predicted molar refractivity (Wildman–Crippen MR) is 88.4 cm³/mol. The van der Waals surface area contributed by atoms with Crippen LogP contribution in [0.25, 0.3) is 0 Å². The van der Waals surface area contributed by atoms with Crippen molar-refractivity contribution in [2.75, 3.05) is 12.9 Å². The van der Waals surface area contributed by atoms with Crippen molar-refractivity contribution in [2.24, 2.45) is 5.10 Å². The van der Waals surface area contributed by atoms with Crippen molar-refractivity contribution in [3.8, 4) is 5.75 Å². The van der Waals surface area contributed by atoms with Gasteiger partial charge in [0, 0.05) is 0 Å². The molecule has 1 aromatic heterocycles. The zero-order valence-electron chi connectivity index (χ0n) is 12.4. The SMILES string of the molecule is CCOc1ccc(/C=N\n2c(SC)nnc(C)c2=O)cc1Cl. The van der Waals surface area contributed by atoms with Gasteiger partial charge in [-0.25, -0.2) is 0 Å². The summed E-state index contributed by atoms with van der Waals surface area (Å²) >= 11 is 7.42. The Kier molecular flexibility index (Phi) is 5.57. The molecule has 6 nitrogen and oxygen atoms in total. The van der Waals surface area contributed by atoms with Crippen molar-refractivity contribution in [1.29, 1.82) is 0 Å². The molecule has 0 aliphatic rings. The monoisotopic (exact) mass is 338 g/mol.